The van der Waals surface area contributed by atoms with Gasteiger partial charge in [-0.15, -0.1) is 11.8 Å². The Morgan fingerprint density at radius 2 is 1.52 bits per heavy atom. The summed E-state index contributed by atoms with van der Waals surface area (Å²) in [5, 5.41) is 3.49. The number of nitrogens with zero attached hydrogens (tertiary/aromatic N) is 2. The molecule has 138 valence electrons. The van der Waals surface area contributed by atoms with E-state index in [0.717, 1.165) is 0 Å². The highest BCUT2D eigenvalue weighted by molar-refractivity contribution is 7.99. The molecule has 25 heavy (non-hydrogen) atoms. The largest absolute Gasteiger partial charge is 0.335 e. The number of nitrogens with one attached hydrogen (secondary N) is 1. The zero-order chi connectivity index (χ0) is 18.6. The molecule has 1 saturated heterocycles. The van der Waals surface area contributed by atoms with E-state index < -0.39 is 0 Å². The lowest BCUT2D eigenvalue weighted by atomic mass is 10.1. The molecule has 0 aromatic heterocycles. The van der Waals surface area contributed by atoms with Crippen molar-refractivity contribution in [3.8, 4) is 0 Å². The lowest BCUT2D eigenvalue weighted by Gasteiger charge is -2.36. The average Bonchev–Trinajstić information content (AvgIpc) is 2.53. The molecule has 0 unspecified atom stereocenters. The lowest BCUT2D eigenvalue weighted by molar-refractivity contribution is 0.0661. The van der Waals surface area contributed by atoms with Crippen molar-refractivity contribution in [2.24, 2.45) is 0 Å². The standard InChI is InChI=1S/C19H29N3O2S/c1-14(2)25-16-8-6-15(7-9-16)17(23)21-10-12-22(13-11-21)18(24)20-19(3,4)5/h6-9,14H,10-13H2,1-5H3,(H,20,24). The molecule has 3 amide bonds. The number of carbonyl (C=O) groups is 2. The van der Waals surface area contributed by atoms with Gasteiger partial charge < -0.3 is 15.1 Å². The molecule has 6 heteroatoms. The fourth-order valence-corrected chi connectivity index (χ4v) is 3.48. The Labute approximate surface area is 155 Å². The Morgan fingerprint density at radius 1 is 1.00 bits per heavy atom. The van der Waals surface area contributed by atoms with Gasteiger partial charge in [0.2, 0.25) is 0 Å². The molecule has 0 atom stereocenters. The van der Waals surface area contributed by atoms with Gasteiger partial charge in [0.1, 0.15) is 0 Å². The van der Waals surface area contributed by atoms with Gasteiger partial charge in [-0.2, -0.15) is 0 Å². The summed E-state index contributed by atoms with van der Waals surface area (Å²) in [6.07, 6.45) is 0. The first-order valence-corrected chi connectivity index (χ1v) is 9.67. The molecule has 1 aliphatic heterocycles. The Hall–Kier alpha value is -1.69. The number of hydrogen-bond donors (Lipinski definition) is 1. The predicted octanol–water partition coefficient (Wildman–Crippen LogP) is 3.45. The third-order valence-electron chi connectivity index (χ3n) is 3.81. The third kappa shape index (κ3) is 5.96. The Bertz CT molecular complexity index is 600. The molecule has 1 aromatic carbocycles. The third-order valence-corrected chi connectivity index (χ3v) is 4.82. The number of hydrogen-bond acceptors (Lipinski definition) is 3. The number of rotatable bonds is 3. The quantitative estimate of drug-likeness (QED) is 0.837. The number of carbonyl (C=O) groups excluding carboxylic acids is 2. The molecule has 1 fully saturated rings. The molecular formula is C19H29N3O2S. The smallest absolute Gasteiger partial charge is 0.317 e. The summed E-state index contributed by atoms with van der Waals surface area (Å²) in [4.78, 5) is 29.6. The second kappa shape index (κ2) is 8.13. The van der Waals surface area contributed by atoms with Crippen molar-refractivity contribution >= 4 is 23.7 Å². The molecule has 0 bridgehead atoms. The van der Waals surface area contributed by atoms with Crippen LogP contribution in [0.2, 0.25) is 0 Å². The fourth-order valence-electron chi connectivity index (χ4n) is 2.64. The first-order valence-electron chi connectivity index (χ1n) is 8.79. The van der Waals surface area contributed by atoms with Crippen LogP contribution in [-0.2, 0) is 0 Å². The molecule has 1 heterocycles. The van der Waals surface area contributed by atoms with Crippen LogP contribution in [0.4, 0.5) is 4.79 Å². The summed E-state index contributed by atoms with van der Waals surface area (Å²) in [7, 11) is 0. The highest BCUT2D eigenvalue weighted by Gasteiger charge is 2.26. The van der Waals surface area contributed by atoms with Gasteiger partial charge in [-0.1, -0.05) is 13.8 Å². The number of piperazine rings is 1. The number of thioether (sulfide) groups is 1. The van der Waals surface area contributed by atoms with Crippen LogP contribution in [0, 0.1) is 0 Å². The molecule has 5 nitrogen and oxygen atoms in total. The summed E-state index contributed by atoms with van der Waals surface area (Å²) < 4.78 is 0. The molecule has 1 aromatic rings. The van der Waals surface area contributed by atoms with Crippen LogP contribution in [-0.4, -0.2) is 58.7 Å². The van der Waals surface area contributed by atoms with E-state index >= 15 is 0 Å². The number of benzene rings is 1. The summed E-state index contributed by atoms with van der Waals surface area (Å²) >= 11 is 1.79. The van der Waals surface area contributed by atoms with Crippen molar-refractivity contribution in [3.63, 3.8) is 0 Å². The molecule has 1 aliphatic rings. The van der Waals surface area contributed by atoms with E-state index in [-0.39, 0.29) is 17.5 Å². The van der Waals surface area contributed by atoms with Crippen molar-refractivity contribution < 1.29 is 9.59 Å². The first kappa shape index (κ1) is 19.6. The summed E-state index contributed by atoms with van der Waals surface area (Å²) in [5.74, 6) is 0.0389. The van der Waals surface area contributed by atoms with E-state index in [0.29, 0.717) is 37.0 Å². The minimum Gasteiger partial charge on any atom is -0.335 e. The molecule has 0 spiro atoms. The number of amides is 3. The number of urea groups is 1. The fraction of sp³-hybridized carbons (Fsp3) is 0.579. The lowest BCUT2D eigenvalue weighted by Crippen LogP contribution is -2.56. The van der Waals surface area contributed by atoms with Crippen molar-refractivity contribution in [2.45, 2.75) is 50.3 Å². The van der Waals surface area contributed by atoms with Crippen molar-refractivity contribution in [3.05, 3.63) is 29.8 Å². The molecule has 1 N–H and O–H groups in total. The Morgan fingerprint density at radius 3 is 2.00 bits per heavy atom. The van der Waals surface area contributed by atoms with E-state index in [9.17, 15) is 9.59 Å². The maximum Gasteiger partial charge on any atom is 0.317 e. The molecule has 0 radical (unpaired) electrons. The first-order chi connectivity index (χ1) is 11.7. The highest BCUT2D eigenvalue weighted by Crippen LogP contribution is 2.23. The van der Waals surface area contributed by atoms with Gasteiger partial charge in [-0.3, -0.25) is 4.79 Å². The Kier molecular flexibility index (Phi) is 6.38. The van der Waals surface area contributed by atoms with Crippen molar-refractivity contribution in [2.75, 3.05) is 26.2 Å². The van der Waals surface area contributed by atoms with Gasteiger partial charge in [-0.25, -0.2) is 4.79 Å². The van der Waals surface area contributed by atoms with Gasteiger partial charge in [0.15, 0.2) is 0 Å². The van der Waals surface area contributed by atoms with Crippen LogP contribution in [0.5, 0.6) is 0 Å². The van der Waals surface area contributed by atoms with Crippen LogP contribution in [0.1, 0.15) is 45.0 Å². The van der Waals surface area contributed by atoms with Crippen molar-refractivity contribution in [1.29, 1.82) is 0 Å². The van der Waals surface area contributed by atoms with Gasteiger partial charge >= 0.3 is 6.03 Å². The molecule has 0 saturated carbocycles. The van der Waals surface area contributed by atoms with Crippen LogP contribution in [0.25, 0.3) is 0 Å². The topological polar surface area (TPSA) is 52.7 Å². The summed E-state index contributed by atoms with van der Waals surface area (Å²) in [6, 6.07) is 7.74. The minimum absolute atomic E-state index is 0.0389. The van der Waals surface area contributed by atoms with Crippen LogP contribution in [0.15, 0.2) is 29.2 Å². The van der Waals surface area contributed by atoms with Crippen LogP contribution in [0.3, 0.4) is 0 Å². The zero-order valence-electron chi connectivity index (χ0n) is 15.8. The summed E-state index contributed by atoms with van der Waals surface area (Å²) in [5.41, 5.74) is 0.459. The molecule has 2 rings (SSSR count). The van der Waals surface area contributed by atoms with Gasteiger partial charge in [0.25, 0.3) is 5.91 Å². The van der Waals surface area contributed by atoms with E-state index in [1.54, 1.807) is 16.7 Å². The van der Waals surface area contributed by atoms with Crippen LogP contribution < -0.4 is 5.32 Å². The van der Waals surface area contributed by atoms with Gasteiger partial charge in [0.05, 0.1) is 0 Å². The maximum atomic E-state index is 12.6. The zero-order valence-corrected chi connectivity index (χ0v) is 16.7. The average molecular weight is 364 g/mol. The predicted molar refractivity (Wildman–Crippen MR) is 103 cm³/mol. The minimum atomic E-state index is -0.250. The molecule has 0 aliphatic carbocycles. The van der Waals surface area contributed by atoms with Gasteiger partial charge in [0, 0.05) is 47.4 Å². The SMILES string of the molecule is CC(C)Sc1ccc(C(=O)N2CCN(C(=O)NC(C)(C)C)CC2)cc1. The van der Waals surface area contributed by atoms with E-state index in [4.69, 9.17) is 0 Å². The van der Waals surface area contributed by atoms with E-state index in [1.165, 1.54) is 4.90 Å². The highest BCUT2D eigenvalue weighted by atomic mass is 32.2. The van der Waals surface area contributed by atoms with Gasteiger partial charge in [-0.05, 0) is 45.0 Å². The molecular weight excluding hydrogens is 334 g/mol. The van der Waals surface area contributed by atoms with E-state index in [1.807, 2.05) is 49.9 Å². The van der Waals surface area contributed by atoms with Crippen molar-refractivity contribution in [1.82, 2.24) is 15.1 Å². The second-order valence-electron chi connectivity index (χ2n) is 7.65. The Balaban J connectivity index is 1.89. The monoisotopic (exact) mass is 363 g/mol. The maximum absolute atomic E-state index is 12.6. The summed E-state index contributed by atoms with van der Waals surface area (Å²) in [6.45, 7) is 12.5. The van der Waals surface area contributed by atoms with Crippen LogP contribution >= 0.6 is 11.8 Å². The van der Waals surface area contributed by atoms with E-state index in [2.05, 4.69) is 19.2 Å². The second-order valence-corrected chi connectivity index (χ2v) is 9.30. The normalized spacial score (nSPS) is 15.4.